The van der Waals surface area contributed by atoms with Gasteiger partial charge in [0.1, 0.15) is 21.3 Å². The van der Waals surface area contributed by atoms with Crippen LogP contribution in [0.5, 0.6) is 11.5 Å². The molecule has 0 bridgehead atoms. The van der Waals surface area contributed by atoms with E-state index in [0.29, 0.717) is 34.7 Å². The first kappa shape index (κ1) is 27.1. The Morgan fingerprint density at radius 1 is 0.838 bits per heavy atom. The maximum absolute atomic E-state index is 13.5. The normalized spacial score (nSPS) is 13.9. The number of sulfonamides is 2. The van der Waals surface area contributed by atoms with Crippen LogP contribution >= 0.6 is 15.9 Å². The largest absolute Gasteiger partial charge is 0.497 e. The Morgan fingerprint density at radius 2 is 1.46 bits per heavy atom. The molecule has 0 unspecified atom stereocenters. The highest BCUT2D eigenvalue weighted by Gasteiger charge is 2.27. The first-order valence-corrected chi connectivity index (χ1v) is 15.4. The molecule has 3 aromatic rings. The highest BCUT2D eigenvalue weighted by molar-refractivity contribution is 9.10. The molecule has 0 aliphatic carbocycles. The summed E-state index contributed by atoms with van der Waals surface area (Å²) >= 11 is 3.30. The Hall–Kier alpha value is -2.96. The molecule has 3 aromatic carbocycles. The molecule has 0 amide bonds. The van der Waals surface area contributed by atoms with Gasteiger partial charge in [-0.15, -0.1) is 0 Å². The zero-order valence-electron chi connectivity index (χ0n) is 20.4. The molecule has 1 aliphatic heterocycles. The third-order valence-corrected chi connectivity index (χ3v) is 9.09. The smallest absolute Gasteiger partial charge is 0.265 e. The van der Waals surface area contributed by atoms with Gasteiger partial charge in [-0.2, -0.15) is 0 Å². The second-order valence-electron chi connectivity index (χ2n) is 8.34. The third-order valence-electron chi connectivity index (χ3n) is 5.79. The van der Waals surface area contributed by atoms with Crippen LogP contribution in [0.15, 0.2) is 74.9 Å². The summed E-state index contributed by atoms with van der Waals surface area (Å²) in [5.74, 6) is 0.789. The van der Waals surface area contributed by atoms with E-state index in [1.54, 1.807) is 55.5 Å². The van der Waals surface area contributed by atoms with Crippen molar-refractivity contribution in [2.45, 2.75) is 29.6 Å². The van der Waals surface area contributed by atoms with E-state index in [4.69, 9.17) is 9.47 Å². The average Bonchev–Trinajstić information content (AvgIpc) is 3.40. The van der Waals surface area contributed by atoms with Crippen LogP contribution in [0.4, 0.5) is 17.1 Å². The number of hydrogen-bond donors (Lipinski definition) is 2. The van der Waals surface area contributed by atoms with Crippen molar-refractivity contribution in [2.75, 3.05) is 41.2 Å². The lowest BCUT2D eigenvalue weighted by molar-refractivity contribution is 0.331. The zero-order chi connectivity index (χ0) is 26.6. The van der Waals surface area contributed by atoms with E-state index in [1.165, 1.54) is 19.2 Å². The van der Waals surface area contributed by atoms with Gasteiger partial charge in [0, 0.05) is 23.2 Å². The predicted octanol–water partition coefficient (Wildman–Crippen LogP) is 5.06. The molecule has 9 nitrogen and oxygen atoms in total. The molecule has 1 saturated heterocycles. The molecule has 1 heterocycles. The Labute approximate surface area is 226 Å². The first-order chi connectivity index (χ1) is 17.6. The molecule has 1 fully saturated rings. The lowest BCUT2D eigenvalue weighted by atomic mass is 10.2. The average molecular weight is 611 g/mol. The van der Waals surface area contributed by atoms with Gasteiger partial charge in [-0.05, 0) is 80.4 Å². The van der Waals surface area contributed by atoms with Crippen LogP contribution in [0.2, 0.25) is 0 Å². The maximum Gasteiger partial charge on any atom is 0.265 e. The van der Waals surface area contributed by atoms with Crippen LogP contribution in [0.25, 0.3) is 0 Å². The molecular formula is C25H28BrN3O6S2. The van der Waals surface area contributed by atoms with Crippen molar-refractivity contribution in [1.29, 1.82) is 0 Å². The lowest BCUT2D eigenvalue weighted by Crippen LogP contribution is -2.23. The lowest BCUT2D eigenvalue weighted by Gasteiger charge is -2.23. The van der Waals surface area contributed by atoms with Gasteiger partial charge in [0.2, 0.25) is 0 Å². The van der Waals surface area contributed by atoms with E-state index in [9.17, 15) is 16.8 Å². The Morgan fingerprint density at radius 3 is 2.11 bits per heavy atom. The van der Waals surface area contributed by atoms with Gasteiger partial charge in [0.15, 0.2) is 0 Å². The van der Waals surface area contributed by atoms with Crippen molar-refractivity contribution in [3.8, 4) is 11.5 Å². The maximum atomic E-state index is 13.5. The molecule has 0 radical (unpaired) electrons. The Kier molecular flexibility index (Phi) is 8.20. The van der Waals surface area contributed by atoms with Gasteiger partial charge >= 0.3 is 0 Å². The Balaban J connectivity index is 1.72. The summed E-state index contributed by atoms with van der Waals surface area (Å²) in [4.78, 5) is 1.90. The van der Waals surface area contributed by atoms with Gasteiger partial charge in [-0.1, -0.05) is 15.9 Å². The molecule has 0 atom stereocenters. The van der Waals surface area contributed by atoms with Crippen molar-refractivity contribution >= 4 is 53.0 Å². The van der Waals surface area contributed by atoms with Crippen LogP contribution in [0.1, 0.15) is 19.8 Å². The SMILES string of the molecule is CCOc1ccc(Br)cc1S(=O)(=O)Nc1ccc(N2CCCC2)c(S(=O)(=O)Nc2ccc(OC)cc2)c1. The van der Waals surface area contributed by atoms with E-state index in [0.717, 1.165) is 12.8 Å². The summed E-state index contributed by atoms with van der Waals surface area (Å²) in [5.41, 5.74) is 0.981. The van der Waals surface area contributed by atoms with Crippen LogP contribution in [-0.2, 0) is 20.0 Å². The topological polar surface area (TPSA) is 114 Å². The van der Waals surface area contributed by atoms with Crippen LogP contribution in [0, 0.1) is 0 Å². The van der Waals surface area contributed by atoms with Gasteiger partial charge in [0.25, 0.3) is 20.0 Å². The summed E-state index contributed by atoms with van der Waals surface area (Å²) in [6, 6.07) is 15.7. The number of nitrogens with zero attached hydrogens (tertiary/aromatic N) is 1. The van der Waals surface area contributed by atoms with Gasteiger partial charge < -0.3 is 14.4 Å². The minimum absolute atomic E-state index is 0.0234. The fourth-order valence-corrected chi connectivity index (χ4v) is 7.10. The molecule has 12 heteroatoms. The molecule has 2 N–H and O–H groups in total. The predicted molar refractivity (Wildman–Crippen MR) is 148 cm³/mol. The molecule has 4 rings (SSSR count). The van der Waals surface area contributed by atoms with E-state index in [1.807, 2.05) is 4.90 Å². The van der Waals surface area contributed by atoms with Crippen molar-refractivity contribution in [3.63, 3.8) is 0 Å². The summed E-state index contributed by atoms with van der Waals surface area (Å²) < 4.78 is 70.0. The van der Waals surface area contributed by atoms with Crippen LogP contribution in [-0.4, -0.2) is 43.6 Å². The van der Waals surface area contributed by atoms with Crippen LogP contribution in [0.3, 0.4) is 0 Å². The fourth-order valence-electron chi connectivity index (χ4n) is 4.06. The van der Waals surface area contributed by atoms with E-state index < -0.39 is 20.0 Å². The number of halogens is 1. The van der Waals surface area contributed by atoms with E-state index >= 15 is 0 Å². The van der Waals surface area contributed by atoms with Crippen molar-refractivity contribution in [1.82, 2.24) is 0 Å². The first-order valence-electron chi connectivity index (χ1n) is 11.6. The van der Waals surface area contributed by atoms with Gasteiger partial charge in [-0.25, -0.2) is 16.8 Å². The minimum Gasteiger partial charge on any atom is -0.497 e. The molecule has 37 heavy (non-hydrogen) atoms. The van der Waals surface area contributed by atoms with E-state index in [2.05, 4.69) is 25.4 Å². The van der Waals surface area contributed by atoms with Crippen molar-refractivity contribution in [3.05, 3.63) is 65.1 Å². The molecule has 0 saturated carbocycles. The summed E-state index contributed by atoms with van der Waals surface area (Å²) in [6.07, 6.45) is 1.89. The monoisotopic (exact) mass is 609 g/mol. The zero-order valence-corrected chi connectivity index (χ0v) is 23.6. The summed E-state index contributed by atoms with van der Waals surface area (Å²) in [7, 11) is -6.64. The number of benzene rings is 3. The Bertz CT molecular complexity index is 1470. The molecule has 0 aromatic heterocycles. The molecule has 1 aliphatic rings. The second kappa shape index (κ2) is 11.2. The van der Waals surface area contributed by atoms with Crippen molar-refractivity contribution in [2.24, 2.45) is 0 Å². The van der Waals surface area contributed by atoms with Gasteiger partial charge in [-0.3, -0.25) is 9.44 Å². The van der Waals surface area contributed by atoms with E-state index in [-0.39, 0.29) is 27.8 Å². The number of methoxy groups -OCH3 is 1. The summed E-state index contributed by atoms with van der Waals surface area (Å²) in [5, 5.41) is 0. The summed E-state index contributed by atoms with van der Waals surface area (Å²) in [6.45, 7) is 3.47. The quantitative estimate of drug-likeness (QED) is 0.330. The number of anilines is 3. The van der Waals surface area contributed by atoms with Crippen molar-refractivity contribution < 1.29 is 26.3 Å². The highest BCUT2D eigenvalue weighted by atomic mass is 79.9. The standard InChI is InChI=1S/C25H28BrN3O6S2/c1-3-35-23-13-6-18(26)16-25(23)37(32,33)28-20-9-12-22(29-14-4-5-15-29)24(17-20)36(30,31)27-19-7-10-21(34-2)11-8-19/h6-13,16-17,27-28H,3-5,14-15H2,1-2H3. The number of rotatable bonds is 10. The molecule has 198 valence electrons. The van der Waals surface area contributed by atoms with Crippen LogP contribution < -0.4 is 23.8 Å². The number of ether oxygens (including phenoxy) is 2. The fraction of sp³-hybridized carbons (Fsp3) is 0.280. The highest BCUT2D eigenvalue weighted by Crippen LogP contribution is 2.34. The molecule has 0 spiro atoms. The van der Waals surface area contributed by atoms with Gasteiger partial charge in [0.05, 0.1) is 25.1 Å². The molecular weight excluding hydrogens is 582 g/mol. The second-order valence-corrected chi connectivity index (χ2v) is 12.6. The number of hydrogen-bond acceptors (Lipinski definition) is 7. The number of nitrogens with one attached hydrogen (secondary N) is 2. The minimum atomic E-state index is -4.10. The third kappa shape index (κ3) is 6.31.